The second-order valence-electron chi connectivity index (χ2n) is 7.31. The molecule has 1 N–H and O–H groups in total. The van der Waals surface area contributed by atoms with Crippen molar-refractivity contribution in [3.05, 3.63) is 58.1 Å². The minimum atomic E-state index is -0.256. The van der Waals surface area contributed by atoms with E-state index in [1.807, 2.05) is 35.2 Å². The van der Waals surface area contributed by atoms with Crippen LogP contribution in [0.2, 0.25) is 0 Å². The van der Waals surface area contributed by atoms with Gasteiger partial charge in [0, 0.05) is 16.7 Å². The minimum absolute atomic E-state index is 0.256. The van der Waals surface area contributed by atoms with Crippen molar-refractivity contribution in [2.75, 3.05) is 18.1 Å². The van der Waals surface area contributed by atoms with Crippen molar-refractivity contribution in [3.63, 3.8) is 0 Å². The Morgan fingerprint density at radius 3 is 2.86 bits per heavy atom. The van der Waals surface area contributed by atoms with Crippen LogP contribution in [0.4, 0.5) is 5.69 Å². The molecule has 0 spiro atoms. The van der Waals surface area contributed by atoms with Crippen molar-refractivity contribution in [2.24, 2.45) is 5.92 Å². The molecule has 4 nitrogen and oxygen atoms in total. The van der Waals surface area contributed by atoms with Gasteiger partial charge < -0.3 is 9.64 Å². The smallest absolute Gasteiger partial charge is 0.261 e. The predicted molar refractivity (Wildman–Crippen MR) is 121 cm³/mol. The van der Waals surface area contributed by atoms with Crippen LogP contribution < -0.4 is 15.0 Å². The number of carbonyl (C=O) groups is 1. The summed E-state index contributed by atoms with van der Waals surface area (Å²) in [6, 6.07) is 13.7. The second-order valence-corrected chi connectivity index (χ2v) is 8.62. The average molecular weight is 461 g/mol. The number of fused-ring (bicyclic) bond motifs is 1. The van der Waals surface area contributed by atoms with E-state index >= 15 is 0 Å². The molecule has 1 amide bonds. The summed E-state index contributed by atoms with van der Waals surface area (Å²) in [5.41, 5.74) is 2.80. The van der Waals surface area contributed by atoms with Crippen LogP contribution in [0.1, 0.15) is 42.6 Å². The van der Waals surface area contributed by atoms with E-state index in [1.54, 1.807) is 6.07 Å². The number of hydrogen-bond acceptors (Lipinski definition) is 3. The fourth-order valence-electron chi connectivity index (χ4n) is 3.19. The first-order valence-electron chi connectivity index (χ1n) is 9.59. The van der Waals surface area contributed by atoms with Gasteiger partial charge in [-0.25, -0.2) is 0 Å². The van der Waals surface area contributed by atoms with Gasteiger partial charge in [-0.2, -0.15) is 0 Å². The van der Waals surface area contributed by atoms with Crippen LogP contribution in [0.25, 0.3) is 0 Å². The Morgan fingerprint density at radius 2 is 2.07 bits per heavy atom. The second kappa shape index (κ2) is 9.52. The number of para-hydroxylation sites is 1. The molecular weight excluding hydrogens is 436 g/mol. The number of nitrogens with one attached hydrogen (secondary N) is 1. The van der Waals surface area contributed by atoms with Crippen molar-refractivity contribution in [1.29, 1.82) is 0 Å². The molecule has 1 heterocycles. The fourth-order valence-corrected chi connectivity index (χ4v) is 3.83. The lowest BCUT2D eigenvalue weighted by molar-refractivity contribution is 0.0973. The molecule has 0 radical (unpaired) electrons. The number of nitrogens with zero attached hydrogens (tertiary/aromatic N) is 1. The highest BCUT2D eigenvalue weighted by Gasteiger charge is 2.22. The number of halogens is 1. The number of rotatable bonds is 5. The normalized spacial score (nSPS) is 13.2. The van der Waals surface area contributed by atoms with Crippen molar-refractivity contribution in [3.8, 4) is 5.75 Å². The molecule has 28 heavy (non-hydrogen) atoms. The fraction of sp³-hybridized carbons (Fsp3) is 0.364. The number of anilines is 1. The third-order valence-electron chi connectivity index (χ3n) is 4.71. The first-order valence-corrected chi connectivity index (χ1v) is 10.8. The molecule has 2 aromatic carbocycles. The van der Waals surface area contributed by atoms with Crippen LogP contribution in [0.5, 0.6) is 5.75 Å². The quantitative estimate of drug-likeness (QED) is 0.611. The zero-order chi connectivity index (χ0) is 20.1. The molecule has 3 rings (SSSR count). The van der Waals surface area contributed by atoms with Crippen LogP contribution in [0.15, 0.2) is 46.9 Å². The lowest BCUT2D eigenvalue weighted by atomic mass is 10.0. The monoisotopic (exact) mass is 460 g/mol. The number of aryl methyl sites for hydroxylation is 1. The third-order valence-corrected chi connectivity index (χ3v) is 5.53. The molecule has 0 saturated carbocycles. The Morgan fingerprint density at radius 1 is 1.29 bits per heavy atom. The van der Waals surface area contributed by atoms with E-state index in [2.05, 4.69) is 41.2 Å². The number of thiocarbonyl (C=S) groups is 1. The summed E-state index contributed by atoms with van der Waals surface area (Å²) >= 11 is 9.01. The van der Waals surface area contributed by atoms with E-state index in [9.17, 15) is 4.79 Å². The maximum absolute atomic E-state index is 13.0. The van der Waals surface area contributed by atoms with Gasteiger partial charge in [0.05, 0.1) is 12.2 Å². The zero-order valence-electron chi connectivity index (χ0n) is 16.2. The highest BCUT2D eigenvalue weighted by Crippen LogP contribution is 2.27. The topological polar surface area (TPSA) is 41.6 Å². The largest absolute Gasteiger partial charge is 0.493 e. The molecule has 0 saturated heterocycles. The van der Waals surface area contributed by atoms with Gasteiger partial charge in [0.2, 0.25) is 0 Å². The molecular formula is C22H25BrN2O2S. The van der Waals surface area contributed by atoms with Crippen LogP contribution in [-0.4, -0.2) is 24.2 Å². The summed E-state index contributed by atoms with van der Waals surface area (Å²) in [5.74, 6) is 0.858. The van der Waals surface area contributed by atoms with E-state index in [4.69, 9.17) is 17.0 Å². The summed E-state index contributed by atoms with van der Waals surface area (Å²) in [6.45, 7) is 5.66. The van der Waals surface area contributed by atoms with Gasteiger partial charge in [-0.05, 0) is 67.2 Å². The van der Waals surface area contributed by atoms with Gasteiger partial charge in [0.25, 0.3) is 5.91 Å². The van der Waals surface area contributed by atoms with Crippen molar-refractivity contribution >= 4 is 44.9 Å². The molecule has 6 heteroatoms. The Hall–Kier alpha value is -1.92. The molecule has 2 aromatic rings. The number of ether oxygens (including phenoxy) is 1. The Bertz CT molecular complexity index is 869. The number of hydrogen-bond donors (Lipinski definition) is 1. The molecule has 1 aliphatic heterocycles. The van der Waals surface area contributed by atoms with E-state index < -0.39 is 0 Å². The molecule has 0 aromatic heterocycles. The van der Waals surface area contributed by atoms with Gasteiger partial charge in [-0.1, -0.05) is 48.0 Å². The Kier molecular flexibility index (Phi) is 7.08. The van der Waals surface area contributed by atoms with E-state index in [1.165, 1.54) is 5.56 Å². The molecule has 0 unspecified atom stereocenters. The molecule has 0 fully saturated rings. The zero-order valence-corrected chi connectivity index (χ0v) is 18.6. The van der Waals surface area contributed by atoms with Crippen LogP contribution in [0, 0.1) is 5.92 Å². The SMILES string of the molecule is CC(C)CCOc1ccc(Br)cc1C(=O)NC(=S)N1CCCc2ccccc21. The molecule has 0 aliphatic carbocycles. The van der Waals surface area contributed by atoms with Crippen LogP contribution in [0.3, 0.4) is 0 Å². The van der Waals surface area contributed by atoms with Gasteiger partial charge in [-0.15, -0.1) is 0 Å². The van der Waals surface area contributed by atoms with Crippen molar-refractivity contribution < 1.29 is 9.53 Å². The van der Waals surface area contributed by atoms with Gasteiger partial charge >= 0.3 is 0 Å². The van der Waals surface area contributed by atoms with E-state index in [0.717, 1.165) is 36.0 Å². The third kappa shape index (κ3) is 5.11. The Labute approximate surface area is 180 Å². The van der Waals surface area contributed by atoms with Crippen molar-refractivity contribution in [1.82, 2.24) is 5.32 Å². The maximum Gasteiger partial charge on any atom is 0.261 e. The lowest BCUT2D eigenvalue weighted by Gasteiger charge is -2.31. The average Bonchev–Trinajstić information content (AvgIpc) is 2.68. The van der Waals surface area contributed by atoms with Gasteiger partial charge in [-0.3, -0.25) is 10.1 Å². The number of benzene rings is 2. The standard InChI is InChI=1S/C22H25BrN2O2S/c1-15(2)11-13-27-20-10-9-17(23)14-18(20)21(26)24-22(28)25-12-5-7-16-6-3-4-8-19(16)25/h3-4,6,8-10,14-15H,5,7,11-13H2,1-2H3,(H,24,26,28). The lowest BCUT2D eigenvalue weighted by Crippen LogP contribution is -2.45. The highest BCUT2D eigenvalue weighted by molar-refractivity contribution is 9.10. The number of amides is 1. The minimum Gasteiger partial charge on any atom is -0.493 e. The van der Waals surface area contributed by atoms with Crippen molar-refractivity contribution in [2.45, 2.75) is 33.1 Å². The summed E-state index contributed by atoms with van der Waals surface area (Å²) in [7, 11) is 0. The highest BCUT2D eigenvalue weighted by atomic mass is 79.9. The summed E-state index contributed by atoms with van der Waals surface area (Å²) < 4.78 is 6.69. The predicted octanol–water partition coefficient (Wildman–Crippen LogP) is 5.34. The Balaban J connectivity index is 1.74. The molecule has 0 atom stereocenters. The molecule has 0 bridgehead atoms. The van der Waals surface area contributed by atoms with E-state index in [-0.39, 0.29) is 5.91 Å². The summed E-state index contributed by atoms with van der Waals surface area (Å²) in [5, 5.41) is 3.31. The van der Waals surface area contributed by atoms with E-state index in [0.29, 0.717) is 29.0 Å². The van der Waals surface area contributed by atoms with Gasteiger partial charge in [0.1, 0.15) is 5.75 Å². The number of carbonyl (C=O) groups excluding carboxylic acids is 1. The molecule has 1 aliphatic rings. The summed E-state index contributed by atoms with van der Waals surface area (Å²) in [4.78, 5) is 15.0. The van der Waals surface area contributed by atoms with Gasteiger partial charge in [0.15, 0.2) is 5.11 Å². The summed E-state index contributed by atoms with van der Waals surface area (Å²) in [6.07, 6.45) is 2.97. The molecule has 148 valence electrons. The van der Waals surface area contributed by atoms with Crippen LogP contribution in [-0.2, 0) is 6.42 Å². The first-order chi connectivity index (χ1) is 13.5. The maximum atomic E-state index is 13.0. The van der Waals surface area contributed by atoms with Crippen LogP contribution >= 0.6 is 28.1 Å². The first kappa shape index (κ1) is 20.8.